The van der Waals surface area contributed by atoms with Crippen molar-refractivity contribution in [3.05, 3.63) is 57.8 Å². The van der Waals surface area contributed by atoms with Crippen LogP contribution in [-0.4, -0.2) is 8.42 Å². The van der Waals surface area contributed by atoms with Crippen molar-refractivity contribution in [2.75, 3.05) is 5.73 Å². The number of sulfone groups is 1. The Hall–Kier alpha value is -1.30. The van der Waals surface area contributed by atoms with Gasteiger partial charge in [-0.05, 0) is 35.9 Å². The van der Waals surface area contributed by atoms with Gasteiger partial charge in [-0.2, -0.15) is 0 Å². The Morgan fingerprint density at radius 3 is 2.40 bits per heavy atom. The third kappa shape index (κ3) is 3.23. The van der Waals surface area contributed by atoms with E-state index < -0.39 is 15.7 Å². The van der Waals surface area contributed by atoms with Crippen LogP contribution in [-0.2, 0) is 15.6 Å². The molecule has 0 amide bonds. The zero-order valence-electron chi connectivity index (χ0n) is 10.1. The SMILES string of the molecule is Nc1ccc(Cl)c(S(=O)(=O)Cc2ccc(F)cc2Cl)c1. The van der Waals surface area contributed by atoms with Gasteiger partial charge >= 0.3 is 0 Å². The topological polar surface area (TPSA) is 60.2 Å². The van der Waals surface area contributed by atoms with Crippen molar-refractivity contribution in [1.82, 2.24) is 0 Å². The fraction of sp³-hybridized carbons (Fsp3) is 0.0769. The summed E-state index contributed by atoms with van der Waals surface area (Å²) in [4.78, 5) is -0.0699. The zero-order chi connectivity index (χ0) is 14.9. The summed E-state index contributed by atoms with van der Waals surface area (Å²) in [6.45, 7) is 0. The number of nitrogens with two attached hydrogens (primary N) is 1. The van der Waals surface area contributed by atoms with Gasteiger partial charge in [0.2, 0.25) is 0 Å². The molecule has 0 heterocycles. The minimum absolute atomic E-state index is 0.0496. The van der Waals surface area contributed by atoms with Gasteiger partial charge in [0.05, 0.1) is 15.7 Å². The van der Waals surface area contributed by atoms with E-state index in [-0.39, 0.29) is 26.4 Å². The Morgan fingerprint density at radius 1 is 1.05 bits per heavy atom. The predicted octanol–water partition coefficient (Wildman–Crippen LogP) is 3.69. The van der Waals surface area contributed by atoms with Crippen LogP contribution in [0, 0.1) is 5.82 Å². The number of hydrogen-bond donors (Lipinski definition) is 1. The fourth-order valence-corrected chi connectivity index (χ4v) is 3.96. The molecule has 0 saturated carbocycles. The largest absolute Gasteiger partial charge is 0.399 e. The molecule has 0 aliphatic carbocycles. The van der Waals surface area contributed by atoms with Crippen molar-refractivity contribution in [1.29, 1.82) is 0 Å². The number of hydrogen-bond acceptors (Lipinski definition) is 3. The molecule has 0 aliphatic heterocycles. The van der Waals surface area contributed by atoms with Gasteiger partial charge in [0.25, 0.3) is 0 Å². The van der Waals surface area contributed by atoms with Crippen LogP contribution in [0.5, 0.6) is 0 Å². The van der Waals surface area contributed by atoms with Crippen molar-refractivity contribution >= 4 is 38.7 Å². The lowest BCUT2D eigenvalue weighted by atomic mass is 10.2. The number of halogens is 3. The second-order valence-corrected chi connectivity index (χ2v) is 6.96. The number of nitrogen functional groups attached to an aromatic ring is 1. The van der Waals surface area contributed by atoms with E-state index in [0.29, 0.717) is 5.56 Å². The summed E-state index contributed by atoms with van der Waals surface area (Å²) in [6, 6.07) is 7.75. The van der Waals surface area contributed by atoms with Crippen LogP contribution in [0.1, 0.15) is 5.56 Å². The second-order valence-electron chi connectivity index (χ2n) is 4.18. The first-order valence-electron chi connectivity index (χ1n) is 5.51. The molecule has 0 fully saturated rings. The quantitative estimate of drug-likeness (QED) is 0.871. The van der Waals surface area contributed by atoms with Crippen molar-refractivity contribution in [2.45, 2.75) is 10.6 Å². The summed E-state index contributed by atoms with van der Waals surface area (Å²) < 4.78 is 37.6. The molecule has 2 aromatic carbocycles. The Labute approximate surface area is 126 Å². The van der Waals surface area contributed by atoms with Crippen molar-refractivity contribution in [2.24, 2.45) is 0 Å². The third-order valence-corrected chi connectivity index (χ3v) is 5.14. The second kappa shape index (κ2) is 5.60. The van der Waals surface area contributed by atoms with E-state index in [1.54, 1.807) is 0 Å². The molecule has 0 spiro atoms. The van der Waals surface area contributed by atoms with E-state index in [9.17, 15) is 12.8 Å². The lowest BCUT2D eigenvalue weighted by Crippen LogP contribution is -2.07. The summed E-state index contributed by atoms with van der Waals surface area (Å²) in [5.41, 5.74) is 6.16. The molecule has 0 unspecified atom stereocenters. The molecule has 0 aromatic heterocycles. The molecule has 2 rings (SSSR count). The molecule has 3 nitrogen and oxygen atoms in total. The molecule has 0 aliphatic rings. The molecule has 0 radical (unpaired) electrons. The molecule has 106 valence electrons. The minimum Gasteiger partial charge on any atom is -0.399 e. The van der Waals surface area contributed by atoms with Crippen LogP contribution < -0.4 is 5.73 Å². The van der Waals surface area contributed by atoms with Crippen LogP contribution in [0.4, 0.5) is 10.1 Å². The van der Waals surface area contributed by atoms with Gasteiger partial charge < -0.3 is 5.73 Å². The van der Waals surface area contributed by atoms with Crippen molar-refractivity contribution < 1.29 is 12.8 Å². The molecular formula is C13H10Cl2FNO2S. The van der Waals surface area contributed by atoms with Gasteiger partial charge in [-0.15, -0.1) is 0 Å². The first kappa shape index (κ1) is 15.1. The van der Waals surface area contributed by atoms with E-state index in [4.69, 9.17) is 28.9 Å². The fourth-order valence-electron chi connectivity index (χ4n) is 1.68. The molecule has 0 bridgehead atoms. The standard InChI is InChI=1S/C13H10Cl2FNO2S/c14-11-4-3-10(17)6-13(11)20(18,19)7-8-1-2-9(16)5-12(8)15/h1-6H,7,17H2. The average molecular weight is 334 g/mol. The van der Waals surface area contributed by atoms with Crippen molar-refractivity contribution in [3.8, 4) is 0 Å². The third-order valence-electron chi connectivity index (χ3n) is 2.65. The highest BCUT2D eigenvalue weighted by molar-refractivity contribution is 7.90. The number of benzene rings is 2. The zero-order valence-corrected chi connectivity index (χ0v) is 12.4. The highest BCUT2D eigenvalue weighted by Crippen LogP contribution is 2.28. The van der Waals surface area contributed by atoms with Gasteiger partial charge in [-0.3, -0.25) is 0 Å². The van der Waals surface area contributed by atoms with Gasteiger partial charge in [-0.1, -0.05) is 29.3 Å². The number of rotatable bonds is 3. The molecule has 0 atom stereocenters. The van der Waals surface area contributed by atoms with Gasteiger partial charge in [-0.25, -0.2) is 12.8 Å². The lowest BCUT2D eigenvalue weighted by molar-refractivity contribution is 0.595. The van der Waals surface area contributed by atoms with Crippen LogP contribution in [0.25, 0.3) is 0 Å². The molecule has 20 heavy (non-hydrogen) atoms. The summed E-state index contributed by atoms with van der Waals surface area (Å²) in [5.74, 6) is -0.909. The normalized spacial score (nSPS) is 11.6. The molecule has 7 heteroatoms. The smallest absolute Gasteiger partial charge is 0.184 e. The van der Waals surface area contributed by atoms with Gasteiger partial charge in [0, 0.05) is 10.7 Å². The van der Waals surface area contributed by atoms with Gasteiger partial charge in [0.15, 0.2) is 9.84 Å². The summed E-state index contributed by atoms with van der Waals surface area (Å²) in [7, 11) is -3.72. The number of anilines is 1. The summed E-state index contributed by atoms with van der Waals surface area (Å²) in [5, 5.41) is 0.131. The maximum absolute atomic E-state index is 12.9. The van der Waals surface area contributed by atoms with E-state index in [0.717, 1.165) is 12.1 Å². The van der Waals surface area contributed by atoms with E-state index in [1.165, 1.54) is 24.3 Å². The minimum atomic E-state index is -3.72. The predicted molar refractivity (Wildman–Crippen MR) is 78.2 cm³/mol. The summed E-state index contributed by atoms with van der Waals surface area (Å²) in [6.07, 6.45) is 0. The van der Waals surface area contributed by atoms with Crippen LogP contribution >= 0.6 is 23.2 Å². The van der Waals surface area contributed by atoms with E-state index in [2.05, 4.69) is 0 Å². The monoisotopic (exact) mass is 333 g/mol. The van der Waals surface area contributed by atoms with Crippen LogP contribution in [0.2, 0.25) is 10.0 Å². The maximum atomic E-state index is 12.9. The van der Waals surface area contributed by atoms with Crippen LogP contribution in [0.3, 0.4) is 0 Å². The van der Waals surface area contributed by atoms with E-state index in [1.807, 2.05) is 0 Å². The Morgan fingerprint density at radius 2 is 1.75 bits per heavy atom. The van der Waals surface area contributed by atoms with E-state index >= 15 is 0 Å². The van der Waals surface area contributed by atoms with Gasteiger partial charge in [0.1, 0.15) is 5.82 Å². The first-order valence-corrected chi connectivity index (χ1v) is 7.92. The highest BCUT2D eigenvalue weighted by atomic mass is 35.5. The molecule has 2 N–H and O–H groups in total. The van der Waals surface area contributed by atoms with Crippen LogP contribution in [0.15, 0.2) is 41.3 Å². The Kier molecular flexibility index (Phi) is 4.22. The first-order chi connectivity index (χ1) is 9.29. The highest BCUT2D eigenvalue weighted by Gasteiger charge is 2.20. The Balaban J connectivity index is 2.43. The lowest BCUT2D eigenvalue weighted by Gasteiger charge is -2.09. The Bertz CT molecular complexity index is 763. The molecule has 0 saturated heterocycles. The maximum Gasteiger partial charge on any atom is 0.184 e. The molecule has 2 aromatic rings. The molecular weight excluding hydrogens is 324 g/mol. The average Bonchev–Trinajstić information content (AvgIpc) is 2.35. The summed E-state index contributed by atoms with van der Waals surface area (Å²) >= 11 is 11.7. The van der Waals surface area contributed by atoms with Crippen molar-refractivity contribution in [3.63, 3.8) is 0 Å².